The summed E-state index contributed by atoms with van der Waals surface area (Å²) in [5.41, 5.74) is 0. The Morgan fingerprint density at radius 2 is 2.14 bits per heavy atom. The van der Waals surface area contributed by atoms with Crippen LogP contribution in [0.2, 0.25) is 0 Å². The summed E-state index contributed by atoms with van der Waals surface area (Å²) in [4.78, 5) is 0. The lowest BCUT2D eigenvalue weighted by molar-refractivity contribution is 0.159. The van der Waals surface area contributed by atoms with E-state index in [2.05, 4.69) is 0 Å². The van der Waals surface area contributed by atoms with Crippen molar-refractivity contribution in [1.82, 2.24) is 0 Å². The minimum Gasteiger partial charge on any atom is -0.393 e. The summed E-state index contributed by atoms with van der Waals surface area (Å²) in [7, 11) is 0. The highest BCUT2D eigenvalue weighted by molar-refractivity contribution is 4.97. The van der Waals surface area contributed by atoms with Crippen molar-refractivity contribution in [2.24, 2.45) is 11.8 Å². The lowest BCUT2D eigenvalue weighted by Crippen LogP contribution is -2.02. The Kier molecular flexibility index (Phi) is 0.571. The first-order chi connectivity index (χ1) is 3.38. The summed E-state index contributed by atoms with van der Waals surface area (Å²) in [5.74, 6) is 1.68. The molecule has 2 aliphatic carbocycles. The van der Waals surface area contributed by atoms with Crippen LogP contribution in [0.3, 0.4) is 0 Å². The van der Waals surface area contributed by atoms with Crippen LogP contribution in [-0.2, 0) is 0 Å². The van der Waals surface area contributed by atoms with Crippen molar-refractivity contribution in [2.75, 3.05) is 0 Å². The van der Waals surface area contributed by atoms with Crippen LogP contribution in [0.15, 0.2) is 0 Å². The second kappa shape index (κ2) is 1.03. The van der Waals surface area contributed by atoms with E-state index in [1.54, 1.807) is 0 Å². The van der Waals surface area contributed by atoms with Gasteiger partial charge in [0.1, 0.15) is 0 Å². The third-order valence-electron chi connectivity index (χ3n) is 2.30. The molecule has 2 aliphatic rings. The van der Waals surface area contributed by atoms with Gasteiger partial charge in [-0.15, -0.1) is 0 Å². The monoisotopic (exact) mass is 98.1 g/mol. The Labute approximate surface area is 43.3 Å². The van der Waals surface area contributed by atoms with Gasteiger partial charge in [0.25, 0.3) is 0 Å². The second-order valence-corrected chi connectivity index (χ2v) is 2.80. The molecular weight excluding hydrogens is 88.1 g/mol. The third kappa shape index (κ3) is 0.418. The van der Waals surface area contributed by atoms with Gasteiger partial charge >= 0.3 is 0 Å². The van der Waals surface area contributed by atoms with Crippen LogP contribution < -0.4 is 0 Å². The number of hydrogen-bond donors (Lipinski definition) is 1. The van der Waals surface area contributed by atoms with Crippen molar-refractivity contribution in [3.05, 3.63) is 0 Å². The van der Waals surface area contributed by atoms with Crippen LogP contribution in [0, 0.1) is 11.8 Å². The SMILES string of the molecule is OC1CC[C@H]2C[C@@H]12. The largest absolute Gasteiger partial charge is 0.393 e. The minimum atomic E-state index is 0.0880. The molecule has 2 saturated carbocycles. The van der Waals surface area contributed by atoms with Crippen molar-refractivity contribution in [1.29, 1.82) is 0 Å². The molecule has 1 heteroatoms. The Hall–Kier alpha value is -0.0400. The molecule has 0 aromatic heterocycles. The number of rotatable bonds is 0. The van der Waals surface area contributed by atoms with Crippen LogP contribution in [-0.4, -0.2) is 11.2 Å². The predicted octanol–water partition coefficient (Wildman–Crippen LogP) is 0.777. The summed E-state index contributed by atoms with van der Waals surface area (Å²) in [6, 6.07) is 0. The van der Waals surface area contributed by atoms with E-state index in [1.807, 2.05) is 0 Å². The summed E-state index contributed by atoms with van der Waals surface area (Å²) in [6.45, 7) is 0. The molecule has 2 rings (SSSR count). The molecule has 1 unspecified atom stereocenters. The van der Waals surface area contributed by atoms with E-state index in [1.165, 1.54) is 12.8 Å². The Balaban J connectivity index is 2.08. The molecular formula is C6H10O. The second-order valence-electron chi connectivity index (χ2n) is 2.80. The lowest BCUT2D eigenvalue weighted by atomic mass is 10.2. The van der Waals surface area contributed by atoms with Crippen molar-refractivity contribution in [3.63, 3.8) is 0 Å². The quantitative estimate of drug-likeness (QED) is 0.474. The van der Waals surface area contributed by atoms with Crippen LogP contribution in [0.5, 0.6) is 0 Å². The van der Waals surface area contributed by atoms with Crippen molar-refractivity contribution in [2.45, 2.75) is 25.4 Å². The average molecular weight is 98.1 g/mol. The van der Waals surface area contributed by atoms with Crippen molar-refractivity contribution >= 4 is 0 Å². The number of hydrogen-bond acceptors (Lipinski definition) is 1. The topological polar surface area (TPSA) is 20.2 Å². The number of aliphatic hydroxyl groups excluding tert-OH is 1. The van der Waals surface area contributed by atoms with Gasteiger partial charge in [-0.2, -0.15) is 0 Å². The fourth-order valence-electron chi connectivity index (χ4n) is 1.67. The molecule has 0 amide bonds. The van der Waals surface area contributed by atoms with Gasteiger partial charge in [0.15, 0.2) is 0 Å². The highest BCUT2D eigenvalue weighted by atomic mass is 16.3. The fraction of sp³-hybridized carbons (Fsp3) is 1.00. The van der Waals surface area contributed by atoms with Crippen LogP contribution in [0.1, 0.15) is 19.3 Å². The lowest BCUT2D eigenvalue weighted by Gasteiger charge is -1.97. The zero-order valence-electron chi connectivity index (χ0n) is 4.30. The minimum absolute atomic E-state index is 0.0880. The molecule has 40 valence electrons. The smallest absolute Gasteiger partial charge is 0.0571 e. The summed E-state index contributed by atoms with van der Waals surface area (Å²) < 4.78 is 0. The zero-order valence-corrected chi connectivity index (χ0v) is 4.30. The predicted molar refractivity (Wildman–Crippen MR) is 26.8 cm³/mol. The Morgan fingerprint density at radius 3 is 2.29 bits per heavy atom. The van der Waals surface area contributed by atoms with Gasteiger partial charge in [0.2, 0.25) is 0 Å². The van der Waals surface area contributed by atoms with Crippen LogP contribution >= 0.6 is 0 Å². The van der Waals surface area contributed by atoms with Crippen molar-refractivity contribution in [3.8, 4) is 0 Å². The molecule has 0 spiro atoms. The number of aliphatic hydroxyl groups is 1. The molecule has 0 radical (unpaired) electrons. The van der Waals surface area contributed by atoms with Gasteiger partial charge in [-0.1, -0.05) is 0 Å². The molecule has 7 heavy (non-hydrogen) atoms. The van der Waals surface area contributed by atoms with Crippen LogP contribution in [0.4, 0.5) is 0 Å². The van der Waals surface area contributed by atoms with Gasteiger partial charge in [-0.25, -0.2) is 0 Å². The van der Waals surface area contributed by atoms with E-state index in [0.29, 0.717) is 0 Å². The molecule has 0 aliphatic heterocycles. The number of fused-ring (bicyclic) bond motifs is 1. The van der Waals surface area contributed by atoms with E-state index < -0.39 is 0 Å². The Bertz CT molecular complexity index is 90.2. The fourth-order valence-corrected chi connectivity index (χ4v) is 1.67. The molecule has 1 N–H and O–H groups in total. The molecule has 2 fully saturated rings. The summed E-state index contributed by atoms with van der Waals surface area (Å²) >= 11 is 0. The van der Waals surface area contributed by atoms with E-state index >= 15 is 0 Å². The maximum Gasteiger partial charge on any atom is 0.0571 e. The molecule has 0 aromatic rings. The standard InChI is InChI=1S/C6H10O/c7-6-2-1-4-3-5(4)6/h4-7H,1-3H2/t4-,5+,6?/m0/s1. The average Bonchev–Trinajstić information content (AvgIpc) is 2.33. The first-order valence-corrected chi connectivity index (χ1v) is 3.06. The maximum atomic E-state index is 9.04. The molecule has 0 bridgehead atoms. The van der Waals surface area contributed by atoms with E-state index in [9.17, 15) is 0 Å². The maximum absolute atomic E-state index is 9.04. The molecule has 3 atom stereocenters. The molecule has 0 aromatic carbocycles. The van der Waals surface area contributed by atoms with Crippen LogP contribution in [0.25, 0.3) is 0 Å². The van der Waals surface area contributed by atoms with Gasteiger partial charge in [-0.05, 0) is 31.1 Å². The van der Waals surface area contributed by atoms with Gasteiger partial charge < -0.3 is 5.11 Å². The Morgan fingerprint density at radius 1 is 1.29 bits per heavy atom. The normalized spacial score (nSPS) is 57.0. The first kappa shape index (κ1) is 3.90. The summed E-state index contributed by atoms with van der Waals surface area (Å²) in [5, 5.41) is 9.04. The van der Waals surface area contributed by atoms with E-state index in [-0.39, 0.29) is 6.10 Å². The van der Waals surface area contributed by atoms with E-state index in [4.69, 9.17) is 5.11 Å². The molecule has 1 nitrogen and oxygen atoms in total. The first-order valence-electron chi connectivity index (χ1n) is 3.06. The van der Waals surface area contributed by atoms with Gasteiger partial charge in [-0.3, -0.25) is 0 Å². The van der Waals surface area contributed by atoms with Gasteiger partial charge in [0, 0.05) is 0 Å². The summed E-state index contributed by atoms with van der Waals surface area (Å²) in [6.07, 6.45) is 3.78. The van der Waals surface area contributed by atoms with E-state index in [0.717, 1.165) is 18.3 Å². The highest BCUT2D eigenvalue weighted by Gasteiger charge is 2.47. The van der Waals surface area contributed by atoms with Gasteiger partial charge in [0.05, 0.1) is 6.10 Å². The van der Waals surface area contributed by atoms with Crippen molar-refractivity contribution < 1.29 is 5.11 Å². The third-order valence-corrected chi connectivity index (χ3v) is 2.30. The zero-order chi connectivity index (χ0) is 4.85. The molecule has 0 heterocycles. The highest BCUT2D eigenvalue weighted by Crippen LogP contribution is 2.51. The molecule has 0 saturated heterocycles.